The smallest absolute Gasteiger partial charge is 0.360 e. The van der Waals surface area contributed by atoms with Gasteiger partial charge in [-0.2, -0.15) is 0 Å². The van der Waals surface area contributed by atoms with Gasteiger partial charge in [0.2, 0.25) is 0 Å². The van der Waals surface area contributed by atoms with Crippen molar-refractivity contribution in [1.29, 1.82) is 0 Å². The van der Waals surface area contributed by atoms with Crippen molar-refractivity contribution in [2.75, 3.05) is 6.67 Å². The van der Waals surface area contributed by atoms with Crippen molar-refractivity contribution in [2.24, 2.45) is 0 Å². The molecule has 0 amide bonds. The zero-order valence-electron chi connectivity index (χ0n) is 3.89. The number of halogens is 1. The standard InChI is InChI=1S/C4H3FO3/c5-2-1-3-7-4(6)8-3/h1H,2H2. The van der Waals surface area contributed by atoms with Crippen LogP contribution in [0.4, 0.5) is 9.18 Å². The molecule has 0 N–H and O–H groups in total. The van der Waals surface area contributed by atoms with Crippen molar-refractivity contribution in [3.05, 3.63) is 12.0 Å². The Morgan fingerprint density at radius 2 is 2.25 bits per heavy atom. The molecule has 0 aliphatic carbocycles. The first-order valence-corrected chi connectivity index (χ1v) is 1.98. The van der Waals surface area contributed by atoms with E-state index in [-0.39, 0.29) is 5.95 Å². The van der Waals surface area contributed by atoms with Gasteiger partial charge in [-0.25, -0.2) is 9.18 Å². The highest BCUT2D eigenvalue weighted by Crippen LogP contribution is 2.13. The summed E-state index contributed by atoms with van der Waals surface area (Å²) in [7, 11) is 0. The maximum atomic E-state index is 11.2. The molecular formula is C4H3FO3. The Morgan fingerprint density at radius 3 is 2.62 bits per heavy atom. The van der Waals surface area contributed by atoms with Crippen molar-refractivity contribution in [3.63, 3.8) is 0 Å². The Bertz CT molecular complexity index is 130. The van der Waals surface area contributed by atoms with E-state index in [9.17, 15) is 9.18 Å². The average Bonchev–Trinajstić information content (AvgIpc) is 1.64. The maximum absolute atomic E-state index is 11.2. The SMILES string of the molecule is O=C1OC(=CCF)O1. The molecule has 1 heterocycles. The molecule has 0 saturated carbocycles. The number of hydrogen-bond acceptors (Lipinski definition) is 3. The van der Waals surface area contributed by atoms with Crippen LogP contribution in [0.1, 0.15) is 0 Å². The molecule has 0 aromatic rings. The Balaban J connectivity index is 2.34. The second kappa shape index (κ2) is 1.81. The highest BCUT2D eigenvalue weighted by atomic mass is 19.1. The molecule has 1 fully saturated rings. The van der Waals surface area contributed by atoms with Crippen LogP contribution in [-0.2, 0) is 9.47 Å². The highest BCUT2D eigenvalue weighted by Gasteiger charge is 2.22. The van der Waals surface area contributed by atoms with E-state index >= 15 is 0 Å². The van der Waals surface area contributed by atoms with Gasteiger partial charge in [-0.1, -0.05) is 0 Å². The number of carbonyl (C=O) groups is 1. The van der Waals surface area contributed by atoms with Crippen molar-refractivity contribution in [1.82, 2.24) is 0 Å². The number of ether oxygens (including phenoxy) is 2. The largest absolute Gasteiger partial charge is 0.524 e. The topological polar surface area (TPSA) is 35.5 Å². The number of allylic oxidation sites excluding steroid dienone is 1. The second-order valence-corrected chi connectivity index (χ2v) is 1.13. The minimum Gasteiger partial charge on any atom is -0.360 e. The third kappa shape index (κ3) is 0.776. The van der Waals surface area contributed by atoms with Crippen LogP contribution in [0, 0.1) is 0 Å². The van der Waals surface area contributed by atoms with Crippen molar-refractivity contribution in [2.45, 2.75) is 0 Å². The molecular weight excluding hydrogens is 115 g/mol. The van der Waals surface area contributed by atoms with Gasteiger partial charge in [0.05, 0.1) is 0 Å². The molecule has 0 spiro atoms. The van der Waals surface area contributed by atoms with E-state index in [0.717, 1.165) is 6.08 Å². The van der Waals surface area contributed by atoms with Crippen LogP contribution in [0.5, 0.6) is 0 Å². The van der Waals surface area contributed by atoms with E-state index in [1.165, 1.54) is 0 Å². The molecule has 1 aliphatic rings. The Hall–Kier alpha value is -1.06. The molecule has 1 rings (SSSR count). The fourth-order valence-electron chi connectivity index (χ4n) is 0.318. The van der Waals surface area contributed by atoms with Crippen LogP contribution in [0.25, 0.3) is 0 Å². The minimum atomic E-state index is -0.773. The van der Waals surface area contributed by atoms with Crippen LogP contribution in [0.3, 0.4) is 0 Å². The van der Waals surface area contributed by atoms with Crippen molar-refractivity contribution in [3.8, 4) is 0 Å². The van der Waals surface area contributed by atoms with Crippen LogP contribution < -0.4 is 0 Å². The van der Waals surface area contributed by atoms with E-state index in [1.54, 1.807) is 0 Å². The van der Waals surface area contributed by atoms with E-state index in [1.807, 2.05) is 0 Å². The van der Waals surface area contributed by atoms with Gasteiger partial charge >= 0.3 is 6.16 Å². The first-order valence-electron chi connectivity index (χ1n) is 1.98. The van der Waals surface area contributed by atoms with Crippen molar-refractivity contribution < 1.29 is 18.7 Å². The summed E-state index contributed by atoms with van der Waals surface area (Å²) in [4.78, 5) is 9.78. The fourth-order valence-corrected chi connectivity index (χ4v) is 0.318. The van der Waals surface area contributed by atoms with Crippen LogP contribution in [0.15, 0.2) is 12.0 Å². The molecule has 1 aliphatic heterocycles. The Kier molecular flexibility index (Phi) is 1.15. The monoisotopic (exact) mass is 118 g/mol. The van der Waals surface area contributed by atoms with Crippen molar-refractivity contribution >= 4 is 6.16 Å². The molecule has 4 heteroatoms. The molecule has 0 radical (unpaired) electrons. The van der Waals surface area contributed by atoms with Gasteiger partial charge in [0.1, 0.15) is 6.67 Å². The molecule has 0 unspecified atom stereocenters. The molecule has 3 nitrogen and oxygen atoms in total. The van der Waals surface area contributed by atoms with Gasteiger partial charge in [-0.3, -0.25) is 0 Å². The molecule has 0 bridgehead atoms. The molecule has 44 valence electrons. The third-order valence-corrected chi connectivity index (χ3v) is 0.612. The lowest BCUT2D eigenvalue weighted by Crippen LogP contribution is -2.19. The fraction of sp³-hybridized carbons (Fsp3) is 0.250. The number of alkyl halides is 1. The van der Waals surface area contributed by atoms with Gasteiger partial charge in [0, 0.05) is 6.08 Å². The summed E-state index contributed by atoms with van der Waals surface area (Å²) >= 11 is 0. The highest BCUT2D eigenvalue weighted by molar-refractivity contribution is 5.67. The van der Waals surface area contributed by atoms with Gasteiger partial charge < -0.3 is 9.47 Å². The predicted octanol–water partition coefficient (Wildman–Crippen LogP) is 0.964. The van der Waals surface area contributed by atoms with Crippen LogP contribution in [-0.4, -0.2) is 12.8 Å². The summed E-state index contributed by atoms with van der Waals surface area (Å²) in [6, 6.07) is 0. The van der Waals surface area contributed by atoms with E-state index in [0.29, 0.717) is 0 Å². The first-order chi connectivity index (χ1) is 3.83. The Morgan fingerprint density at radius 1 is 1.62 bits per heavy atom. The van der Waals surface area contributed by atoms with Crippen LogP contribution in [0.2, 0.25) is 0 Å². The van der Waals surface area contributed by atoms with E-state index < -0.39 is 12.8 Å². The number of cyclic esters (lactones) is 2. The third-order valence-electron chi connectivity index (χ3n) is 0.612. The average molecular weight is 118 g/mol. The summed E-state index contributed by atoms with van der Waals surface area (Å²) in [6.45, 7) is -0.678. The normalized spacial score (nSPS) is 16.1. The maximum Gasteiger partial charge on any atom is 0.524 e. The predicted molar refractivity (Wildman–Crippen MR) is 21.6 cm³/mol. The lowest BCUT2D eigenvalue weighted by atomic mass is 10.6. The zero-order chi connectivity index (χ0) is 5.98. The summed E-state index contributed by atoms with van der Waals surface area (Å²) in [6.07, 6.45) is 0.256. The van der Waals surface area contributed by atoms with Gasteiger partial charge in [0.25, 0.3) is 5.95 Å². The molecule has 0 aromatic carbocycles. The molecule has 1 saturated heterocycles. The Labute approximate surface area is 44.7 Å². The lowest BCUT2D eigenvalue weighted by molar-refractivity contribution is -0.0269. The quantitative estimate of drug-likeness (QED) is 0.481. The zero-order valence-corrected chi connectivity index (χ0v) is 3.89. The summed E-state index contributed by atoms with van der Waals surface area (Å²) in [5.74, 6) is -0.0440. The van der Waals surface area contributed by atoms with Gasteiger partial charge in [-0.05, 0) is 0 Å². The van der Waals surface area contributed by atoms with E-state index in [2.05, 4.69) is 9.47 Å². The second-order valence-electron chi connectivity index (χ2n) is 1.13. The van der Waals surface area contributed by atoms with Gasteiger partial charge in [-0.15, -0.1) is 0 Å². The number of carbonyl (C=O) groups excluding carboxylic acids is 1. The van der Waals surface area contributed by atoms with E-state index in [4.69, 9.17) is 0 Å². The molecule has 0 aromatic heterocycles. The van der Waals surface area contributed by atoms with Crippen LogP contribution >= 0.6 is 0 Å². The minimum absolute atomic E-state index is 0.0440. The molecule has 0 atom stereocenters. The molecule has 8 heavy (non-hydrogen) atoms. The number of hydrogen-bond donors (Lipinski definition) is 0. The van der Waals surface area contributed by atoms with Gasteiger partial charge in [0.15, 0.2) is 0 Å². The summed E-state index contributed by atoms with van der Waals surface area (Å²) in [5.41, 5.74) is 0. The number of rotatable bonds is 1. The summed E-state index contributed by atoms with van der Waals surface area (Å²) < 4.78 is 19.5. The lowest BCUT2D eigenvalue weighted by Gasteiger charge is -2.13. The summed E-state index contributed by atoms with van der Waals surface area (Å²) in [5, 5.41) is 0. The first kappa shape index (κ1) is 5.08.